The van der Waals surface area contributed by atoms with Crippen molar-refractivity contribution in [2.45, 2.75) is 6.54 Å². The van der Waals surface area contributed by atoms with Crippen LogP contribution in [-0.2, 0) is 6.54 Å². The fourth-order valence-electron chi connectivity index (χ4n) is 1.57. The Morgan fingerprint density at radius 3 is 2.58 bits per heavy atom. The van der Waals surface area contributed by atoms with Gasteiger partial charge < -0.3 is 10.4 Å². The molecule has 0 bridgehead atoms. The van der Waals surface area contributed by atoms with Gasteiger partial charge in [0.15, 0.2) is 12.4 Å². The maximum absolute atomic E-state index is 11.9. The monoisotopic (exact) mass is 385 g/mol. The summed E-state index contributed by atoms with van der Waals surface area (Å²) in [5.74, 6) is -0.0637. The van der Waals surface area contributed by atoms with Crippen LogP contribution in [0.25, 0.3) is 0 Å². The lowest BCUT2D eigenvalue weighted by molar-refractivity contribution is -0.378. The van der Waals surface area contributed by atoms with Crippen molar-refractivity contribution in [3.63, 3.8) is 0 Å². The second-order valence-corrected chi connectivity index (χ2v) is 5.63. The van der Waals surface area contributed by atoms with E-state index >= 15 is 0 Å². The highest BCUT2D eigenvalue weighted by atomic mass is 79.9. The number of carbonyl (C=O) groups is 1. The Morgan fingerprint density at radius 1 is 1.26 bits per heavy atom. The van der Waals surface area contributed by atoms with Crippen LogP contribution < -0.4 is 10.3 Å². The third-order valence-electron chi connectivity index (χ3n) is 2.54. The van der Waals surface area contributed by atoms with Crippen LogP contribution in [0.5, 0.6) is 5.75 Å². The molecule has 0 fully saturated rings. The Labute approximate surface area is 127 Å². The van der Waals surface area contributed by atoms with E-state index < -0.39 is 0 Å². The molecule has 0 aliphatic carbocycles. The highest BCUT2D eigenvalue weighted by molar-refractivity contribution is 9.11. The summed E-state index contributed by atoms with van der Waals surface area (Å²) in [6, 6.07) is 6.78. The molecule has 6 heteroatoms. The Bertz CT molecular complexity index is 580. The van der Waals surface area contributed by atoms with Crippen molar-refractivity contribution < 1.29 is 14.9 Å². The number of H-pyrrole nitrogens is 1. The molecule has 0 atom stereocenters. The molecular formula is C13H11Br2N2O2+. The summed E-state index contributed by atoms with van der Waals surface area (Å²) in [5, 5.41) is 12.6. The molecule has 1 amide bonds. The lowest BCUT2D eigenvalue weighted by Crippen LogP contribution is -2.23. The number of nitrogens with one attached hydrogen (secondary N) is 2. The molecule has 0 unspecified atom stereocenters. The summed E-state index contributed by atoms with van der Waals surface area (Å²) in [7, 11) is 0. The third kappa shape index (κ3) is 3.54. The predicted molar refractivity (Wildman–Crippen MR) is 77.7 cm³/mol. The molecule has 1 aromatic heterocycles. The number of halogens is 2. The molecule has 0 radical (unpaired) electrons. The number of aromatic nitrogens is 1. The first-order valence-corrected chi connectivity index (χ1v) is 7.07. The van der Waals surface area contributed by atoms with Crippen molar-refractivity contribution in [3.8, 4) is 5.75 Å². The van der Waals surface area contributed by atoms with Crippen LogP contribution in [0.1, 0.15) is 15.9 Å². The summed E-state index contributed by atoms with van der Waals surface area (Å²) in [6.45, 7) is 0.247. The number of hydrogen-bond donors (Lipinski definition) is 2. The van der Waals surface area contributed by atoms with Gasteiger partial charge in [-0.25, -0.2) is 4.98 Å². The van der Waals surface area contributed by atoms with Gasteiger partial charge in [-0.1, -0.05) is 31.9 Å². The summed E-state index contributed by atoms with van der Waals surface area (Å²) in [6.07, 6.45) is 3.36. The number of amides is 1. The summed E-state index contributed by atoms with van der Waals surface area (Å²) in [5.41, 5.74) is 1.20. The summed E-state index contributed by atoms with van der Waals surface area (Å²) in [4.78, 5) is 14.7. The molecule has 3 N–H and O–H groups in total. The Hall–Kier alpha value is -1.40. The highest BCUT2D eigenvalue weighted by Gasteiger charge is 2.11. The molecule has 0 saturated heterocycles. The van der Waals surface area contributed by atoms with Gasteiger partial charge in [0.1, 0.15) is 5.75 Å². The van der Waals surface area contributed by atoms with Gasteiger partial charge in [0.05, 0.1) is 5.56 Å². The van der Waals surface area contributed by atoms with Gasteiger partial charge in [0, 0.05) is 33.2 Å². The average molecular weight is 387 g/mol. The van der Waals surface area contributed by atoms with E-state index in [1.54, 1.807) is 30.6 Å². The molecule has 4 nitrogen and oxygen atoms in total. The van der Waals surface area contributed by atoms with Gasteiger partial charge in [-0.2, -0.15) is 0 Å². The first kappa shape index (κ1) is 14.0. The minimum atomic E-state index is -0.191. The summed E-state index contributed by atoms with van der Waals surface area (Å²) >= 11 is 6.64. The number of rotatable bonds is 3. The second-order valence-electron chi connectivity index (χ2n) is 3.86. The number of benzene rings is 1. The fourth-order valence-corrected chi connectivity index (χ4v) is 2.92. The zero-order valence-electron chi connectivity index (χ0n) is 9.78. The number of phenols is 1. The topological polar surface area (TPSA) is 63.5 Å². The van der Waals surface area contributed by atoms with Crippen LogP contribution in [0, 0.1) is 0 Å². The van der Waals surface area contributed by atoms with Gasteiger partial charge in [0.2, 0.25) is 0 Å². The Morgan fingerprint density at radius 2 is 1.95 bits per heavy atom. The molecule has 2 rings (SSSR count). The maximum atomic E-state index is 11.9. The van der Waals surface area contributed by atoms with Gasteiger partial charge in [-0.3, -0.25) is 4.79 Å². The van der Waals surface area contributed by atoms with E-state index in [1.165, 1.54) is 0 Å². The number of aromatic hydroxyl groups is 1. The minimum Gasteiger partial charge on any atom is -0.508 e. The average Bonchev–Trinajstić information content (AvgIpc) is 2.38. The van der Waals surface area contributed by atoms with Crippen molar-refractivity contribution in [1.29, 1.82) is 0 Å². The van der Waals surface area contributed by atoms with Crippen molar-refractivity contribution in [1.82, 2.24) is 5.32 Å². The van der Waals surface area contributed by atoms with E-state index in [0.717, 1.165) is 8.95 Å². The Kier molecular flexibility index (Phi) is 4.55. The van der Waals surface area contributed by atoms with E-state index in [9.17, 15) is 9.90 Å². The second kappa shape index (κ2) is 6.16. The molecule has 98 valence electrons. The number of pyridine rings is 1. The molecule has 1 heterocycles. The van der Waals surface area contributed by atoms with Crippen molar-refractivity contribution in [3.05, 3.63) is 56.7 Å². The zero-order valence-corrected chi connectivity index (χ0v) is 13.0. The first-order valence-electron chi connectivity index (χ1n) is 5.49. The van der Waals surface area contributed by atoms with Gasteiger partial charge in [-0.05, 0) is 12.1 Å². The lowest BCUT2D eigenvalue weighted by Gasteiger charge is -2.09. The van der Waals surface area contributed by atoms with E-state index in [0.29, 0.717) is 11.1 Å². The van der Waals surface area contributed by atoms with Gasteiger partial charge >= 0.3 is 0 Å². The van der Waals surface area contributed by atoms with E-state index in [4.69, 9.17) is 0 Å². The number of carbonyl (C=O) groups excluding carboxylic acids is 1. The van der Waals surface area contributed by atoms with Crippen LogP contribution in [0.15, 0.2) is 45.6 Å². The van der Waals surface area contributed by atoms with Crippen LogP contribution >= 0.6 is 31.9 Å². The van der Waals surface area contributed by atoms with E-state index in [2.05, 4.69) is 42.2 Å². The smallest absolute Gasteiger partial charge is 0.252 e. The van der Waals surface area contributed by atoms with E-state index in [1.807, 2.05) is 6.07 Å². The standard InChI is InChI=1S/C13H10Br2N2O2/c14-9-5-11(15)10(12(18)6-9)7-17-13(19)8-1-3-16-4-2-8/h1-6,18H,7H2,(H,17,19)/p+1. The zero-order chi connectivity index (χ0) is 13.8. The van der Waals surface area contributed by atoms with Crippen LogP contribution in [-0.4, -0.2) is 11.0 Å². The molecule has 1 aromatic carbocycles. The quantitative estimate of drug-likeness (QED) is 0.851. The van der Waals surface area contributed by atoms with Gasteiger partial charge in [0.25, 0.3) is 5.91 Å². The largest absolute Gasteiger partial charge is 0.508 e. The SMILES string of the molecule is O=C(NCc1c(O)cc(Br)cc1Br)c1cc[nH+]cc1. The molecule has 0 aliphatic rings. The van der Waals surface area contributed by atoms with E-state index in [-0.39, 0.29) is 18.2 Å². The lowest BCUT2D eigenvalue weighted by atomic mass is 10.2. The molecule has 19 heavy (non-hydrogen) atoms. The van der Waals surface area contributed by atoms with Crippen LogP contribution in [0.3, 0.4) is 0 Å². The number of phenolic OH excluding ortho intramolecular Hbond substituents is 1. The van der Waals surface area contributed by atoms with Crippen molar-refractivity contribution in [2.75, 3.05) is 0 Å². The van der Waals surface area contributed by atoms with Crippen LogP contribution in [0.2, 0.25) is 0 Å². The molecule has 0 aliphatic heterocycles. The maximum Gasteiger partial charge on any atom is 0.252 e. The normalized spacial score (nSPS) is 10.2. The highest BCUT2D eigenvalue weighted by Crippen LogP contribution is 2.30. The minimum absolute atomic E-state index is 0.128. The summed E-state index contributed by atoms with van der Waals surface area (Å²) < 4.78 is 1.51. The fraction of sp³-hybridized carbons (Fsp3) is 0.0769. The number of hydrogen-bond acceptors (Lipinski definition) is 2. The molecule has 0 saturated carbocycles. The first-order chi connectivity index (χ1) is 9.08. The molecule has 0 spiro atoms. The predicted octanol–water partition coefficient (Wildman–Crippen LogP) is 2.66. The van der Waals surface area contributed by atoms with Gasteiger partial charge in [-0.15, -0.1) is 0 Å². The van der Waals surface area contributed by atoms with Crippen molar-refractivity contribution >= 4 is 37.8 Å². The third-order valence-corrected chi connectivity index (χ3v) is 3.71. The Balaban J connectivity index is 2.10. The van der Waals surface area contributed by atoms with Crippen LogP contribution in [0.4, 0.5) is 0 Å². The molecular weight excluding hydrogens is 376 g/mol. The van der Waals surface area contributed by atoms with Crippen molar-refractivity contribution in [2.24, 2.45) is 0 Å². The molecule has 2 aromatic rings. The number of aromatic amines is 1.